The minimum atomic E-state index is 0.166. The summed E-state index contributed by atoms with van der Waals surface area (Å²) in [7, 11) is 0. The van der Waals surface area contributed by atoms with Crippen LogP contribution in [-0.2, 0) is 0 Å². The Morgan fingerprint density at radius 2 is 2.13 bits per heavy atom. The number of rotatable bonds is 0. The normalized spacial score (nSPS) is 23.5. The molecule has 2 fully saturated rings. The Morgan fingerprint density at radius 1 is 1.33 bits per heavy atom. The smallest absolute Gasteiger partial charge is 0.155 e. The van der Waals surface area contributed by atoms with Crippen LogP contribution in [0.4, 0.5) is 0 Å². The summed E-state index contributed by atoms with van der Waals surface area (Å²) in [5.74, 6) is 6.55. The molecule has 3 heterocycles. The molecule has 0 saturated carbocycles. The molecular formula is C11H14N4. The molecule has 0 aliphatic carbocycles. The third-order valence-corrected chi connectivity index (χ3v) is 3.48. The first kappa shape index (κ1) is 8.93. The van der Waals surface area contributed by atoms with Gasteiger partial charge in [-0.15, -0.1) is 5.10 Å². The fraction of sp³-hybridized carbons (Fsp3) is 0.636. The highest BCUT2D eigenvalue weighted by atomic mass is 15.3. The van der Waals surface area contributed by atoms with E-state index in [2.05, 4.69) is 32.2 Å². The number of fused-ring (bicyclic) bond motifs is 1. The molecule has 15 heavy (non-hydrogen) atoms. The monoisotopic (exact) mass is 202 g/mol. The lowest BCUT2D eigenvalue weighted by Crippen LogP contribution is -2.36. The molecule has 4 nitrogen and oxygen atoms in total. The van der Waals surface area contributed by atoms with Gasteiger partial charge in [-0.3, -0.25) is 4.90 Å². The van der Waals surface area contributed by atoms with Crippen LogP contribution in [-0.4, -0.2) is 38.9 Å². The SMILES string of the molecule is C(#CC12CCCN1CCC2)c1cn[nH]n1. The van der Waals surface area contributed by atoms with Gasteiger partial charge in [0.1, 0.15) is 0 Å². The van der Waals surface area contributed by atoms with Crippen LogP contribution in [0.5, 0.6) is 0 Å². The average molecular weight is 202 g/mol. The first-order valence-electron chi connectivity index (χ1n) is 5.53. The Labute approximate surface area is 89.0 Å². The topological polar surface area (TPSA) is 44.8 Å². The summed E-state index contributed by atoms with van der Waals surface area (Å²) in [5.41, 5.74) is 0.919. The molecule has 2 aliphatic heterocycles. The van der Waals surface area contributed by atoms with Gasteiger partial charge in [-0.2, -0.15) is 10.3 Å². The highest BCUT2D eigenvalue weighted by molar-refractivity contribution is 5.31. The maximum absolute atomic E-state index is 3.96. The predicted octanol–water partition coefficient (Wildman–Crippen LogP) is 0.785. The van der Waals surface area contributed by atoms with Crippen LogP contribution in [0.2, 0.25) is 0 Å². The van der Waals surface area contributed by atoms with E-state index in [-0.39, 0.29) is 5.54 Å². The van der Waals surface area contributed by atoms with Crippen molar-refractivity contribution in [1.29, 1.82) is 0 Å². The van der Waals surface area contributed by atoms with Crippen LogP contribution in [0.25, 0.3) is 0 Å². The minimum absolute atomic E-state index is 0.166. The largest absolute Gasteiger partial charge is 0.287 e. The first-order chi connectivity index (χ1) is 7.39. The van der Waals surface area contributed by atoms with Crippen LogP contribution in [0, 0.1) is 11.8 Å². The third kappa shape index (κ3) is 1.44. The Balaban J connectivity index is 1.87. The van der Waals surface area contributed by atoms with Crippen molar-refractivity contribution < 1.29 is 0 Å². The quantitative estimate of drug-likeness (QED) is 0.632. The summed E-state index contributed by atoms with van der Waals surface area (Å²) in [6, 6.07) is 0. The third-order valence-electron chi connectivity index (χ3n) is 3.48. The molecule has 0 unspecified atom stereocenters. The van der Waals surface area contributed by atoms with Crippen LogP contribution in [0.3, 0.4) is 0 Å². The van der Waals surface area contributed by atoms with E-state index in [1.807, 2.05) is 0 Å². The summed E-state index contributed by atoms with van der Waals surface area (Å²) in [6.07, 6.45) is 6.69. The zero-order chi connectivity index (χ0) is 10.1. The summed E-state index contributed by atoms with van der Waals surface area (Å²) in [6.45, 7) is 2.43. The van der Waals surface area contributed by atoms with Gasteiger partial charge in [0, 0.05) is 0 Å². The molecule has 4 heteroatoms. The van der Waals surface area contributed by atoms with Gasteiger partial charge in [0.2, 0.25) is 0 Å². The summed E-state index contributed by atoms with van der Waals surface area (Å²) in [5, 5.41) is 10.3. The van der Waals surface area contributed by atoms with Crippen LogP contribution in [0.1, 0.15) is 31.4 Å². The van der Waals surface area contributed by atoms with E-state index in [0.717, 1.165) is 5.69 Å². The van der Waals surface area contributed by atoms with Crippen LogP contribution in [0.15, 0.2) is 6.20 Å². The summed E-state index contributed by atoms with van der Waals surface area (Å²) in [4.78, 5) is 2.53. The number of hydrogen-bond acceptors (Lipinski definition) is 3. The van der Waals surface area contributed by atoms with Crippen LogP contribution < -0.4 is 0 Å². The highest BCUT2D eigenvalue weighted by Gasteiger charge is 2.42. The lowest BCUT2D eigenvalue weighted by Gasteiger charge is -2.25. The molecule has 2 aliphatic rings. The molecular weight excluding hydrogens is 188 g/mol. The van der Waals surface area contributed by atoms with Crippen molar-refractivity contribution in [2.24, 2.45) is 0 Å². The number of nitrogens with zero attached hydrogens (tertiary/aromatic N) is 3. The van der Waals surface area contributed by atoms with Gasteiger partial charge in [0.25, 0.3) is 0 Å². The number of H-pyrrole nitrogens is 1. The molecule has 2 saturated heterocycles. The lowest BCUT2D eigenvalue weighted by atomic mass is 9.95. The van der Waals surface area contributed by atoms with E-state index in [0.29, 0.717) is 0 Å². The standard InChI is InChI=1S/C11H14N4/c1-4-11(5-2-8-15(11)7-1)6-3-10-9-12-14-13-10/h9H,1-2,4-5,7-8H2,(H,12,13,14). The number of aromatic nitrogens is 3. The predicted molar refractivity (Wildman–Crippen MR) is 56.0 cm³/mol. The summed E-state index contributed by atoms with van der Waals surface area (Å²) >= 11 is 0. The minimum Gasteiger partial charge on any atom is -0.287 e. The Bertz CT molecular complexity index is 388. The molecule has 0 atom stereocenters. The molecule has 3 rings (SSSR count). The van der Waals surface area contributed by atoms with Crippen molar-refractivity contribution in [3.05, 3.63) is 11.9 Å². The van der Waals surface area contributed by atoms with E-state index in [1.165, 1.54) is 38.8 Å². The number of hydrogen-bond donors (Lipinski definition) is 1. The zero-order valence-corrected chi connectivity index (χ0v) is 8.66. The van der Waals surface area contributed by atoms with Gasteiger partial charge in [0.15, 0.2) is 5.69 Å². The summed E-state index contributed by atoms with van der Waals surface area (Å²) < 4.78 is 0. The van der Waals surface area contributed by atoms with Crippen molar-refractivity contribution in [2.45, 2.75) is 31.2 Å². The van der Waals surface area contributed by atoms with Crippen molar-refractivity contribution >= 4 is 0 Å². The zero-order valence-electron chi connectivity index (χ0n) is 8.66. The van der Waals surface area contributed by atoms with E-state index in [1.54, 1.807) is 6.20 Å². The molecule has 78 valence electrons. The Kier molecular flexibility index (Phi) is 2.00. The van der Waals surface area contributed by atoms with Gasteiger partial charge in [-0.1, -0.05) is 5.92 Å². The van der Waals surface area contributed by atoms with Gasteiger partial charge < -0.3 is 0 Å². The van der Waals surface area contributed by atoms with Gasteiger partial charge in [-0.05, 0) is 44.7 Å². The van der Waals surface area contributed by atoms with E-state index < -0.39 is 0 Å². The second kappa shape index (κ2) is 3.35. The highest BCUT2D eigenvalue weighted by Crippen LogP contribution is 2.38. The molecule has 1 aromatic rings. The molecule has 0 bridgehead atoms. The van der Waals surface area contributed by atoms with E-state index >= 15 is 0 Å². The molecule has 0 amide bonds. The van der Waals surface area contributed by atoms with E-state index in [9.17, 15) is 0 Å². The average Bonchev–Trinajstić information content (AvgIpc) is 2.91. The van der Waals surface area contributed by atoms with Crippen molar-refractivity contribution in [2.75, 3.05) is 13.1 Å². The lowest BCUT2D eigenvalue weighted by molar-refractivity contribution is 0.261. The maximum Gasteiger partial charge on any atom is 0.155 e. The molecule has 0 aromatic carbocycles. The maximum atomic E-state index is 3.96. The van der Waals surface area contributed by atoms with Gasteiger partial charge in [-0.25, -0.2) is 0 Å². The van der Waals surface area contributed by atoms with Gasteiger partial charge >= 0.3 is 0 Å². The van der Waals surface area contributed by atoms with Crippen molar-refractivity contribution in [1.82, 2.24) is 20.3 Å². The Morgan fingerprint density at radius 3 is 2.80 bits per heavy atom. The second-order valence-electron chi connectivity index (χ2n) is 4.33. The van der Waals surface area contributed by atoms with Crippen molar-refractivity contribution in [3.8, 4) is 11.8 Å². The number of nitrogens with one attached hydrogen (secondary N) is 1. The van der Waals surface area contributed by atoms with Crippen LogP contribution >= 0.6 is 0 Å². The molecule has 0 spiro atoms. The fourth-order valence-corrected chi connectivity index (χ4v) is 2.75. The number of aromatic amines is 1. The first-order valence-corrected chi connectivity index (χ1v) is 5.53. The fourth-order valence-electron chi connectivity index (χ4n) is 2.75. The molecule has 1 aromatic heterocycles. The molecule has 1 N–H and O–H groups in total. The Hall–Kier alpha value is -1.34. The second-order valence-corrected chi connectivity index (χ2v) is 4.33. The van der Waals surface area contributed by atoms with E-state index in [4.69, 9.17) is 0 Å². The molecule has 0 radical (unpaired) electrons. The van der Waals surface area contributed by atoms with Gasteiger partial charge in [0.05, 0.1) is 11.7 Å². The van der Waals surface area contributed by atoms with Crippen molar-refractivity contribution in [3.63, 3.8) is 0 Å².